The molecule has 6 nitrogen and oxygen atoms in total. The molecule has 7 heteroatoms. The zero-order valence-corrected chi connectivity index (χ0v) is 15.3. The molecular formula is C17H26N2O4S. The van der Waals surface area contributed by atoms with Crippen LogP contribution < -0.4 is 10.0 Å². The van der Waals surface area contributed by atoms with Gasteiger partial charge in [-0.3, -0.25) is 0 Å². The number of methoxy groups -OCH3 is 1. The molecule has 134 valence electrons. The fourth-order valence-corrected chi connectivity index (χ4v) is 4.15. The van der Waals surface area contributed by atoms with Gasteiger partial charge in [0.2, 0.25) is 10.0 Å². The van der Waals surface area contributed by atoms with E-state index in [1.807, 2.05) is 0 Å². The molecule has 1 unspecified atom stereocenters. The van der Waals surface area contributed by atoms with Crippen molar-refractivity contribution in [3.8, 4) is 0 Å². The molecule has 0 amide bonds. The normalized spacial score (nSPS) is 20.5. The van der Waals surface area contributed by atoms with Gasteiger partial charge in [-0.25, -0.2) is 17.9 Å². The first kappa shape index (κ1) is 18.9. The van der Waals surface area contributed by atoms with Gasteiger partial charge in [-0.15, -0.1) is 0 Å². The molecule has 0 radical (unpaired) electrons. The highest BCUT2D eigenvalue weighted by Gasteiger charge is 2.32. The van der Waals surface area contributed by atoms with Crippen molar-refractivity contribution in [1.82, 2.24) is 10.0 Å². The molecule has 24 heavy (non-hydrogen) atoms. The average molecular weight is 354 g/mol. The Labute approximate surface area is 144 Å². The molecule has 1 heterocycles. The van der Waals surface area contributed by atoms with Crippen LogP contribution in [-0.4, -0.2) is 40.6 Å². The van der Waals surface area contributed by atoms with E-state index in [9.17, 15) is 13.2 Å². The maximum Gasteiger partial charge on any atom is 0.337 e. The summed E-state index contributed by atoms with van der Waals surface area (Å²) < 4.78 is 32.0. The van der Waals surface area contributed by atoms with Gasteiger partial charge in [0.15, 0.2) is 0 Å². The topological polar surface area (TPSA) is 84.5 Å². The van der Waals surface area contributed by atoms with Crippen LogP contribution in [0.15, 0.2) is 24.3 Å². The number of hydrogen-bond acceptors (Lipinski definition) is 5. The van der Waals surface area contributed by atoms with Crippen LogP contribution in [0.25, 0.3) is 0 Å². The van der Waals surface area contributed by atoms with Crippen LogP contribution >= 0.6 is 0 Å². The zero-order chi connectivity index (χ0) is 17.8. The number of ether oxygens (including phenoxy) is 1. The number of benzene rings is 1. The van der Waals surface area contributed by atoms with Gasteiger partial charge >= 0.3 is 5.97 Å². The first-order valence-electron chi connectivity index (χ1n) is 8.11. The number of sulfonamides is 1. The van der Waals surface area contributed by atoms with Crippen molar-refractivity contribution in [2.75, 3.05) is 20.2 Å². The Balaban J connectivity index is 2.00. The molecule has 1 aliphatic rings. The molecule has 1 aromatic carbocycles. The third-order valence-corrected chi connectivity index (χ3v) is 5.86. The van der Waals surface area contributed by atoms with E-state index in [2.05, 4.69) is 28.6 Å². The van der Waals surface area contributed by atoms with E-state index in [4.69, 9.17) is 0 Å². The van der Waals surface area contributed by atoms with E-state index in [0.717, 1.165) is 19.4 Å². The first-order chi connectivity index (χ1) is 11.2. The number of esters is 1. The lowest BCUT2D eigenvalue weighted by atomic mass is 9.78. The second-order valence-electron chi connectivity index (χ2n) is 6.90. The van der Waals surface area contributed by atoms with Crippen LogP contribution in [-0.2, 0) is 20.5 Å². The largest absolute Gasteiger partial charge is 0.465 e. The molecule has 1 saturated heterocycles. The minimum absolute atomic E-state index is 0.0611. The number of hydrogen-bond donors (Lipinski definition) is 2. The maximum absolute atomic E-state index is 12.3. The fourth-order valence-electron chi connectivity index (χ4n) is 3.01. The molecule has 1 aliphatic heterocycles. The second kappa shape index (κ2) is 7.63. The molecule has 0 aromatic heterocycles. The maximum atomic E-state index is 12.3. The summed E-state index contributed by atoms with van der Waals surface area (Å²) in [5.41, 5.74) is 0.965. The summed E-state index contributed by atoms with van der Waals surface area (Å²) in [6, 6.07) is 6.61. The Morgan fingerprint density at radius 3 is 2.83 bits per heavy atom. The molecule has 1 atom stereocenters. The predicted molar refractivity (Wildman–Crippen MR) is 93.2 cm³/mol. The molecule has 0 saturated carbocycles. The second-order valence-corrected chi connectivity index (χ2v) is 8.71. The van der Waals surface area contributed by atoms with Crippen molar-refractivity contribution < 1.29 is 17.9 Å². The Kier molecular flexibility index (Phi) is 6.01. The molecule has 0 spiro atoms. The number of piperidine rings is 1. The van der Waals surface area contributed by atoms with Crippen LogP contribution in [0.5, 0.6) is 0 Å². The number of nitrogens with one attached hydrogen (secondary N) is 2. The summed E-state index contributed by atoms with van der Waals surface area (Å²) >= 11 is 0. The highest BCUT2D eigenvalue weighted by molar-refractivity contribution is 7.88. The van der Waals surface area contributed by atoms with Gasteiger partial charge in [0, 0.05) is 12.6 Å². The summed E-state index contributed by atoms with van der Waals surface area (Å²) in [6.45, 7) is 5.58. The molecule has 1 aromatic rings. The van der Waals surface area contributed by atoms with Crippen molar-refractivity contribution in [2.45, 2.75) is 38.5 Å². The Hall–Kier alpha value is -1.44. The Morgan fingerprint density at radius 2 is 2.17 bits per heavy atom. The van der Waals surface area contributed by atoms with Crippen molar-refractivity contribution in [2.24, 2.45) is 5.41 Å². The quantitative estimate of drug-likeness (QED) is 0.759. The lowest BCUT2D eigenvalue weighted by Crippen LogP contribution is -2.52. The summed E-state index contributed by atoms with van der Waals surface area (Å²) in [6.07, 6.45) is 2.18. The monoisotopic (exact) mass is 354 g/mol. The van der Waals surface area contributed by atoms with E-state index in [1.54, 1.807) is 24.3 Å². The van der Waals surface area contributed by atoms with Gasteiger partial charge in [0.1, 0.15) is 0 Å². The molecule has 0 aliphatic carbocycles. The summed E-state index contributed by atoms with van der Waals surface area (Å²) in [7, 11) is -2.18. The summed E-state index contributed by atoms with van der Waals surface area (Å²) in [4.78, 5) is 11.5. The van der Waals surface area contributed by atoms with Crippen LogP contribution in [0.1, 0.15) is 42.6 Å². The minimum atomic E-state index is -3.48. The SMILES string of the molecule is COC(=O)c1cccc(CS(=O)(=O)NCC2NCCCC2(C)C)c1. The average Bonchev–Trinajstić information content (AvgIpc) is 2.52. The predicted octanol–water partition coefficient (Wildman–Crippen LogP) is 1.67. The molecule has 2 N–H and O–H groups in total. The smallest absolute Gasteiger partial charge is 0.337 e. The van der Waals surface area contributed by atoms with Crippen LogP contribution in [0, 0.1) is 5.41 Å². The third-order valence-electron chi connectivity index (χ3n) is 4.54. The first-order valence-corrected chi connectivity index (χ1v) is 9.77. The van der Waals surface area contributed by atoms with Crippen LogP contribution in [0.2, 0.25) is 0 Å². The standard InChI is InChI=1S/C17H26N2O4S/c1-17(2)8-5-9-18-15(17)11-19-24(21,22)12-13-6-4-7-14(10-13)16(20)23-3/h4,6-7,10,15,18-19H,5,8-9,11-12H2,1-3H3. The zero-order valence-electron chi connectivity index (χ0n) is 14.5. The van der Waals surface area contributed by atoms with E-state index < -0.39 is 16.0 Å². The van der Waals surface area contributed by atoms with Crippen LogP contribution in [0.4, 0.5) is 0 Å². The minimum Gasteiger partial charge on any atom is -0.465 e. The van der Waals surface area contributed by atoms with E-state index >= 15 is 0 Å². The highest BCUT2D eigenvalue weighted by atomic mass is 32.2. The lowest BCUT2D eigenvalue weighted by Gasteiger charge is -2.39. The van der Waals surface area contributed by atoms with E-state index in [-0.39, 0.29) is 17.2 Å². The number of carbonyl (C=O) groups is 1. The lowest BCUT2D eigenvalue weighted by molar-refractivity contribution is 0.0600. The van der Waals surface area contributed by atoms with Crippen molar-refractivity contribution in [1.29, 1.82) is 0 Å². The van der Waals surface area contributed by atoms with Gasteiger partial charge in [-0.1, -0.05) is 26.0 Å². The summed E-state index contributed by atoms with van der Waals surface area (Å²) in [5, 5.41) is 3.39. The van der Waals surface area contributed by atoms with Crippen molar-refractivity contribution >= 4 is 16.0 Å². The van der Waals surface area contributed by atoms with E-state index in [0.29, 0.717) is 17.7 Å². The molecular weight excluding hydrogens is 328 g/mol. The Bertz CT molecular complexity index is 686. The van der Waals surface area contributed by atoms with Crippen LogP contribution in [0.3, 0.4) is 0 Å². The number of rotatable bonds is 6. The highest BCUT2D eigenvalue weighted by Crippen LogP contribution is 2.29. The molecule has 0 bridgehead atoms. The van der Waals surface area contributed by atoms with Crippen molar-refractivity contribution in [3.63, 3.8) is 0 Å². The van der Waals surface area contributed by atoms with Crippen molar-refractivity contribution in [3.05, 3.63) is 35.4 Å². The summed E-state index contributed by atoms with van der Waals surface area (Å²) in [5.74, 6) is -0.638. The van der Waals surface area contributed by atoms with E-state index in [1.165, 1.54) is 7.11 Å². The van der Waals surface area contributed by atoms with Gasteiger partial charge in [0.05, 0.1) is 18.4 Å². The van der Waals surface area contributed by atoms with Gasteiger partial charge in [-0.2, -0.15) is 0 Å². The molecule has 1 fully saturated rings. The number of carbonyl (C=O) groups excluding carboxylic acids is 1. The fraction of sp³-hybridized carbons (Fsp3) is 0.588. The van der Waals surface area contributed by atoms with Gasteiger partial charge < -0.3 is 10.1 Å². The third kappa shape index (κ3) is 5.03. The Morgan fingerprint density at radius 1 is 1.42 bits per heavy atom. The molecule has 2 rings (SSSR count). The van der Waals surface area contributed by atoms with Gasteiger partial charge in [0.25, 0.3) is 0 Å². The van der Waals surface area contributed by atoms with Gasteiger partial charge in [-0.05, 0) is 42.5 Å².